The van der Waals surface area contributed by atoms with Crippen LogP contribution in [0.4, 0.5) is 5.69 Å². The maximum atomic E-state index is 12.0. The van der Waals surface area contributed by atoms with Gasteiger partial charge in [-0.25, -0.2) is 13.1 Å². The third-order valence-electron chi connectivity index (χ3n) is 3.27. The Balaban J connectivity index is 0.00000180. The van der Waals surface area contributed by atoms with Gasteiger partial charge >= 0.3 is 0 Å². The lowest BCUT2D eigenvalue weighted by Crippen LogP contribution is -3.10. The summed E-state index contributed by atoms with van der Waals surface area (Å²) in [5.74, 6) is 0. The number of anilines is 1. The summed E-state index contributed by atoms with van der Waals surface area (Å²) in [6.45, 7) is 3.66. The Morgan fingerprint density at radius 2 is 1.74 bits per heavy atom. The zero-order valence-corrected chi connectivity index (χ0v) is 12.3. The van der Waals surface area contributed by atoms with Gasteiger partial charge in [-0.15, -0.1) is 0 Å². The number of nitrogens with one attached hydrogen (secondary N) is 2. The smallest absolute Gasteiger partial charge is 0.240 e. The molecule has 0 bridgehead atoms. The second kappa shape index (κ2) is 7.09. The SMILES string of the molecule is Nc1ccc(S(=O)(=O)NCC[NH+]2CCCC2)cc1.[Cl-]. The first-order valence-corrected chi connectivity index (χ1v) is 7.75. The molecule has 1 saturated heterocycles. The zero-order chi connectivity index (χ0) is 13.0. The first-order chi connectivity index (χ1) is 8.58. The first kappa shape index (κ1) is 16.2. The van der Waals surface area contributed by atoms with E-state index in [0.29, 0.717) is 12.2 Å². The van der Waals surface area contributed by atoms with Crippen molar-refractivity contribution in [3.8, 4) is 0 Å². The van der Waals surface area contributed by atoms with E-state index in [1.54, 1.807) is 12.1 Å². The number of hydrogen-bond donors (Lipinski definition) is 3. The van der Waals surface area contributed by atoms with Crippen molar-refractivity contribution in [2.75, 3.05) is 31.9 Å². The molecular weight excluding hydrogens is 286 g/mol. The van der Waals surface area contributed by atoms with Gasteiger partial charge in [-0.3, -0.25) is 0 Å². The molecular formula is C12H20ClN3O2S. The van der Waals surface area contributed by atoms with Crippen molar-refractivity contribution in [3.63, 3.8) is 0 Å². The molecule has 0 atom stereocenters. The molecule has 1 fully saturated rings. The largest absolute Gasteiger partial charge is 1.00 e. The number of rotatable bonds is 5. The van der Waals surface area contributed by atoms with E-state index in [0.717, 1.165) is 19.6 Å². The van der Waals surface area contributed by atoms with E-state index in [1.807, 2.05) is 0 Å². The summed E-state index contributed by atoms with van der Waals surface area (Å²) in [7, 11) is -3.39. The van der Waals surface area contributed by atoms with Crippen molar-refractivity contribution in [2.45, 2.75) is 17.7 Å². The molecule has 0 aliphatic carbocycles. The van der Waals surface area contributed by atoms with Crippen molar-refractivity contribution < 1.29 is 25.7 Å². The number of sulfonamides is 1. The Bertz CT molecular complexity index is 484. The fraction of sp³-hybridized carbons (Fsp3) is 0.500. The maximum absolute atomic E-state index is 12.0. The van der Waals surface area contributed by atoms with Crippen LogP contribution in [-0.4, -0.2) is 34.6 Å². The van der Waals surface area contributed by atoms with Crippen LogP contribution in [0.15, 0.2) is 29.2 Å². The van der Waals surface area contributed by atoms with Crippen LogP contribution in [0.3, 0.4) is 0 Å². The Labute approximate surface area is 120 Å². The minimum absolute atomic E-state index is 0. The van der Waals surface area contributed by atoms with Crippen molar-refractivity contribution in [2.24, 2.45) is 0 Å². The molecule has 1 aromatic rings. The fourth-order valence-electron chi connectivity index (χ4n) is 2.22. The number of nitrogens with two attached hydrogens (primary N) is 1. The number of halogens is 1. The van der Waals surface area contributed by atoms with Crippen LogP contribution < -0.4 is 27.8 Å². The van der Waals surface area contributed by atoms with E-state index in [9.17, 15) is 8.42 Å². The molecule has 7 heteroatoms. The Kier molecular flexibility index (Phi) is 6.06. The molecule has 1 heterocycles. The molecule has 0 unspecified atom stereocenters. The van der Waals surface area contributed by atoms with Crippen LogP contribution in [0, 0.1) is 0 Å². The molecule has 0 amide bonds. The second-order valence-corrected chi connectivity index (χ2v) is 6.44. The summed E-state index contributed by atoms with van der Waals surface area (Å²) < 4.78 is 26.5. The van der Waals surface area contributed by atoms with Crippen LogP contribution in [-0.2, 0) is 10.0 Å². The lowest BCUT2D eigenvalue weighted by atomic mass is 10.3. The predicted octanol–water partition coefficient (Wildman–Crippen LogP) is -3.77. The fourth-order valence-corrected chi connectivity index (χ4v) is 3.25. The minimum Gasteiger partial charge on any atom is -1.00 e. The van der Waals surface area contributed by atoms with Gasteiger partial charge in [0, 0.05) is 18.5 Å². The van der Waals surface area contributed by atoms with Crippen molar-refractivity contribution in [3.05, 3.63) is 24.3 Å². The second-order valence-electron chi connectivity index (χ2n) is 4.67. The van der Waals surface area contributed by atoms with Crippen molar-refractivity contribution in [1.82, 2.24) is 4.72 Å². The van der Waals surface area contributed by atoms with Gasteiger partial charge in [0.1, 0.15) is 0 Å². The van der Waals surface area contributed by atoms with Gasteiger partial charge < -0.3 is 23.0 Å². The minimum atomic E-state index is -3.39. The van der Waals surface area contributed by atoms with E-state index in [1.165, 1.54) is 29.9 Å². The van der Waals surface area contributed by atoms with Gasteiger partial charge in [0.25, 0.3) is 0 Å². The van der Waals surface area contributed by atoms with Gasteiger partial charge in [-0.05, 0) is 24.3 Å². The predicted molar refractivity (Wildman–Crippen MR) is 70.8 cm³/mol. The standard InChI is InChI=1S/C12H19N3O2S.ClH/c13-11-3-5-12(6-4-11)18(16,17)14-7-10-15-8-1-2-9-15;/h3-6,14H,1-2,7-10,13H2;1H. The lowest BCUT2D eigenvalue weighted by molar-refractivity contribution is -0.886. The number of benzene rings is 1. The van der Waals surface area contributed by atoms with Gasteiger partial charge in [-0.1, -0.05) is 0 Å². The lowest BCUT2D eigenvalue weighted by Gasteiger charge is -2.12. The summed E-state index contributed by atoms with van der Waals surface area (Å²) in [5.41, 5.74) is 6.10. The van der Waals surface area contributed by atoms with Gasteiger partial charge in [-0.2, -0.15) is 0 Å². The Morgan fingerprint density at radius 3 is 2.32 bits per heavy atom. The summed E-state index contributed by atoms with van der Waals surface area (Å²) in [4.78, 5) is 1.75. The molecule has 1 aliphatic heterocycles. The molecule has 19 heavy (non-hydrogen) atoms. The molecule has 2 rings (SSSR count). The van der Waals surface area contributed by atoms with Crippen LogP contribution in [0.5, 0.6) is 0 Å². The van der Waals surface area contributed by atoms with Crippen LogP contribution in [0.1, 0.15) is 12.8 Å². The molecule has 0 aromatic heterocycles. The topological polar surface area (TPSA) is 76.6 Å². The summed E-state index contributed by atoms with van der Waals surface area (Å²) in [5, 5.41) is 0. The normalized spacial score (nSPS) is 16.2. The average Bonchev–Trinajstić information content (AvgIpc) is 2.82. The third-order valence-corrected chi connectivity index (χ3v) is 4.75. The highest BCUT2D eigenvalue weighted by molar-refractivity contribution is 7.89. The van der Waals surface area contributed by atoms with Crippen LogP contribution >= 0.6 is 0 Å². The molecule has 0 spiro atoms. The molecule has 1 aliphatic rings. The van der Waals surface area contributed by atoms with E-state index < -0.39 is 10.0 Å². The highest BCUT2D eigenvalue weighted by Crippen LogP contribution is 2.10. The summed E-state index contributed by atoms with van der Waals surface area (Å²) in [6, 6.07) is 6.25. The van der Waals surface area contributed by atoms with Crippen LogP contribution in [0.2, 0.25) is 0 Å². The number of likely N-dealkylation sites (tertiary alicyclic amines) is 1. The van der Waals surface area contributed by atoms with E-state index in [2.05, 4.69) is 4.72 Å². The Morgan fingerprint density at radius 1 is 1.16 bits per heavy atom. The average molecular weight is 306 g/mol. The monoisotopic (exact) mass is 305 g/mol. The quantitative estimate of drug-likeness (QED) is 0.489. The maximum Gasteiger partial charge on any atom is 0.240 e. The molecule has 1 aromatic carbocycles. The molecule has 0 radical (unpaired) electrons. The van der Waals surface area contributed by atoms with E-state index >= 15 is 0 Å². The van der Waals surface area contributed by atoms with E-state index in [-0.39, 0.29) is 17.3 Å². The van der Waals surface area contributed by atoms with Gasteiger partial charge in [0.05, 0.1) is 31.1 Å². The number of quaternary nitrogens is 1. The van der Waals surface area contributed by atoms with E-state index in [4.69, 9.17) is 5.73 Å². The number of nitrogen functional groups attached to an aromatic ring is 1. The molecule has 5 nitrogen and oxygen atoms in total. The first-order valence-electron chi connectivity index (χ1n) is 6.27. The summed E-state index contributed by atoms with van der Waals surface area (Å²) >= 11 is 0. The third kappa shape index (κ3) is 4.65. The van der Waals surface area contributed by atoms with Gasteiger partial charge in [0.15, 0.2) is 0 Å². The highest BCUT2D eigenvalue weighted by Gasteiger charge is 2.17. The van der Waals surface area contributed by atoms with Crippen LogP contribution in [0.25, 0.3) is 0 Å². The van der Waals surface area contributed by atoms with Crippen molar-refractivity contribution in [1.29, 1.82) is 0 Å². The molecule has 0 saturated carbocycles. The van der Waals surface area contributed by atoms with Crippen molar-refractivity contribution >= 4 is 15.7 Å². The zero-order valence-electron chi connectivity index (χ0n) is 10.7. The summed E-state index contributed by atoms with van der Waals surface area (Å²) in [6.07, 6.45) is 2.50. The molecule has 4 N–H and O–H groups in total. The highest BCUT2D eigenvalue weighted by atomic mass is 35.5. The molecule has 108 valence electrons. The van der Waals surface area contributed by atoms with Gasteiger partial charge in [0.2, 0.25) is 10.0 Å². The Hall–Kier alpha value is -0.820. The number of hydrogen-bond acceptors (Lipinski definition) is 3.